The minimum absolute atomic E-state index is 0.00995. The fraction of sp³-hybridized carbons (Fsp3) is 0.435. The van der Waals surface area contributed by atoms with Gasteiger partial charge in [0.1, 0.15) is 5.82 Å². The van der Waals surface area contributed by atoms with Crippen molar-refractivity contribution in [2.45, 2.75) is 56.7 Å². The zero-order valence-electron chi connectivity index (χ0n) is 19.2. The van der Waals surface area contributed by atoms with Gasteiger partial charge in [-0.25, -0.2) is 19.6 Å². The van der Waals surface area contributed by atoms with Crippen LogP contribution in [0.2, 0.25) is 0 Å². The van der Waals surface area contributed by atoms with Crippen molar-refractivity contribution in [3.05, 3.63) is 45.7 Å². The fourth-order valence-electron chi connectivity index (χ4n) is 4.41. The first kappa shape index (κ1) is 23.2. The summed E-state index contributed by atoms with van der Waals surface area (Å²) in [6.07, 6.45) is 10.6. The molecule has 182 valence electrons. The van der Waals surface area contributed by atoms with E-state index in [9.17, 15) is 14.9 Å². The number of carbonyl (C=O) groups is 1. The summed E-state index contributed by atoms with van der Waals surface area (Å²) in [5.74, 6) is 0.903. The van der Waals surface area contributed by atoms with E-state index in [2.05, 4.69) is 20.4 Å². The van der Waals surface area contributed by atoms with Crippen molar-refractivity contribution < 1.29 is 14.5 Å². The number of allylic oxidation sites excluding steroid dienone is 1. The first-order chi connectivity index (χ1) is 17.0. The van der Waals surface area contributed by atoms with Gasteiger partial charge >= 0.3 is 0 Å². The van der Waals surface area contributed by atoms with Gasteiger partial charge in [0.05, 0.1) is 34.4 Å². The van der Waals surface area contributed by atoms with Crippen LogP contribution in [0.1, 0.15) is 51.5 Å². The second-order valence-electron chi connectivity index (χ2n) is 8.46. The highest BCUT2D eigenvalue weighted by molar-refractivity contribution is 8.04. The number of thioether (sulfide) groups is 1. The molecule has 5 rings (SSSR count). The maximum absolute atomic E-state index is 13.0. The van der Waals surface area contributed by atoms with Crippen LogP contribution in [-0.4, -0.2) is 47.4 Å². The van der Waals surface area contributed by atoms with Gasteiger partial charge in [-0.1, -0.05) is 19.3 Å². The van der Waals surface area contributed by atoms with Crippen molar-refractivity contribution in [2.75, 3.05) is 11.9 Å². The molecule has 12 heteroatoms. The highest BCUT2D eigenvalue weighted by atomic mass is 32.2. The Morgan fingerprint density at radius 1 is 1.26 bits per heavy atom. The summed E-state index contributed by atoms with van der Waals surface area (Å²) >= 11 is 0.948. The van der Waals surface area contributed by atoms with Crippen LogP contribution in [0.3, 0.4) is 0 Å². The number of amides is 1. The Morgan fingerprint density at radius 2 is 2.09 bits per heavy atom. The van der Waals surface area contributed by atoms with Crippen molar-refractivity contribution in [3.63, 3.8) is 0 Å². The molecule has 1 amide bonds. The maximum Gasteiger partial charge on any atom is 0.300 e. The minimum atomic E-state index is -0.593. The lowest BCUT2D eigenvalue weighted by molar-refractivity contribution is -0.410. The quantitative estimate of drug-likeness (QED) is 0.374. The van der Waals surface area contributed by atoms with Crippen molar-refractivity contribution >= 4 is 34.5 Å². The molecular weight excluding hydrogens is 470 g/mol. The Kier molecular flexibility index (Phi) is 6.62. The molecule has 0 bridgehead atoms. The molecule has 0 aromatic carbocycles. The number of nitrogens with one attached hydrogen (secondary N) is 1. The average molecular weight is 496 g/mol. The summed E-state index contributed by atoms with van der Waals surface area (Å²) < 4.78 is 7.37. The lowest BCUT2D eigenvalue weighted by Gasteiger charge is -2.22. The minimum Gasteiger partial charge on any atom is -0.478 e. The van der Waals surface area contributed by atoms with E-state index in [1.807, 2.05) is 17.7 Å². The molecule has 0 radical (unpaired) electrons. The van der Waals surface area contributed by atoms with Crippen molar-refractivity contribution in [1.29, 1.82) is 0 Å². The van der Waals surface area contributed by atoms with Gasteiger partial charge < -0.3 is 10.1 Å². The topological polar surface area (TPSA) is 138 Å². The van der Waals surface area contributed by atoms with Gasteiger partial charge in [-0.2, -0.15) is 5.10 Å². The molecule has 3 aromatic heterocycles. The number of aromatic nitrogens is 5. The number of pyridine rings is 1. The molecule has 11 nitrogen and oxygen atoms in total. The number of anilines is 1. The van der Waals surface area contributed by atoms with Crippen LogP contribution in [0.15, 0.2) is 35.6 Å². The fourth-order valence-corrected chi connectivity index (χ4v) is 5.34. The average Bonchev–Trinajstić information content (AvgIpc) is 3.53. The maximum atomic E-state index is 13.0. The Morgan fingerprint density at radius 3 is 2.77 bits per heavy atom. The van der Waals surface area contributed by atoms with E-state index in [0.29, 0.717) is 40.7 Å². The molecule has 35 heavy (non-hydrogen) atoms. The number of carbonyl (C=O) groups excluding carboxylic acids is 1. The zero-order chi connectivity index (χ0) is 24.4. The molecule has 3 aromatic rings. The smallest absolute Gasteiger partial charge is 0.300 e. The molecule has 1 unspecified atom stereocenters. The molecule has 0 spiro atoms. The van der Waals surface area contributed by atoms with Gasteiger partial charge in [-0.15, -0.1) is 0 Å². The standard InChI is InChI=1S/C23H25N7O4S/c1-2-34-18-10-8-14(12-24-18)20-26-21(28-23(31)17-9-11-19(35-17)30(32)33)16-13-25-29(22(16)27-20)15-6-4-3-5-7-15/h8,10-13,15,17H,2-7,9H2,1H3,(H,26,27,28,31). The summed E-state index contributed by atoms with van der Waals surface area (Å²) in [4.78, 5) is 37.3. The highest BCUT2D eigenvalue weighted by Gasteiger charge is 2.32. The zero-order valence-corrected chi connectivity index (χ0v) is 20.0. The number of hydrogen-bond donors (Lipinski definition) is 1. The van der Waals surface area contributed by atoms with Gasteiger partial charge in [0.15, 0.2) is 11.5 Å². The summed E-state index contributed by atoms with van der Waals surface area (Å²) in [7, 11) is 0. The van der Waals surface area contributed by atoms with Crippen LogP contribution in [0, 0.1) is 10.1 Å². The normalized spacial score (nSPS) is 18.4. The number of ether oxygens (including phenoxy) is 1. The Balaban J connectivity index is 1.50. The molecule has 1 saturated carbocycles. The van der Waals surface area contributed by atoms with Crippen LogP contribution in [-0.2, 0) is 4.79 Å². The second-order valence-corrected chi connectivity index (χ2v) is 9.69. The third-order valence-electron chi connectivity index (χ3n) is 6.14. The molecule has 0 saturated heterocycles. The van der Waals surface area contributed by atoms with Gasteiger partial charge in [0.2, 0.25) is 11.8 Å². The number of nitro groups is 1. The van der Waals surface area contributed by atoms with Crippen LogP contribution in [0.4, 0.5) is 5.82 Å². The van der Waals surface area contributed by atoms with Gasteiger partial charge in [0, 0.05) is 23.9 Å². The largest absolute Gasteiger partial charge is 0.478 e. The second kappa shape index (κ2) is 9.98. The molecule has 1 fully saturated rings. The van der Waals surface area contributed by atoms with Gasteiger partial charge in [-0.05, 0) is 44.0 Å². The third-order valence-corrected chi connectivity index (χ3v) is 7.39. The Labute approximate surface area is 205 Å². The summed E-state index contributed by atoms with van der Waals surface area (Å²) in [5.41, 5.74) is 1.32. The third kappa shape index (κ3) is 4.83. The number of nitrogens with zero attached hydrogens (tertiary/aromatic N) is 6. The lowest BCUT2D eigenvalue weighted by Crippen LogP contribution is -2.24. The van der Waals surface area contributed by atoms with E-state index < -0.39 is 10.2 Å². The summed E-state index contributed by atoms with van der Waals surface area (Å²) in [6, 6.07) is 3.82. The van der Waals surface area contributed by atoms with Gasteiger partial charge in [0.25, 0.3) is 5.03 Å². The first-order valence-electron chi connectivity index (χ1n) is 11.7. The first-order valence-corrected chi connectivity index (χ1v) is 12.6. The molecule has 1 N–H and O–H groups in total. The van der Waals surface area contributed by atoms with Crippen LogP contribution < -0.4 is 10.1 Å². The van der Waals surface area contributed by atoms with Crippen molar-refractivity contribution in [2.24, 2.45) is 0 Å². The molecule has 1 atom stereocenters. The molecule has 1 aliphatic heterocycles. The van der Waals surface area contributed by atoms with Gasteiger partial charge in [-0.3, -0.25) is 14.9 Å². The highest BCUT2D eigenvalue weighted by Crippen LogP contribution is 2.35. The predicted molar refractivity (Wildman–Crippen MR) is 132 cm³/mol. The predicted octanol–water partition coefficient (Wildman–Crippen LogP) is 4.35. The number of fused-ring (bicyclic) bond motifs is 1. The molecule has 2 aliphatic rings. The van der Waals surface area contributed by atoms with E-state index in [-0.39, 0.29) is 23.4 Å². The van der Waals surface area contributed by atoms with E-state index in [1.165, 1.54) is 12.5 Å². The van der Waals surface area contributed by atoms with Crippen molar-refractivity contribution in [3.8, 4) is 17.3 Å². The van der Waals surface area contributed by atoms with E-state index >= 15 is 0 Å². The van der Waals surface area contributed by atoms with Crippen LogP contribution in [0.25, 0.3) is 22.4 Å². The SMILES string of the molecule is CCOc1ccc(-c2nc(NC(=O)C3CC=C([N+](=O)[O-])S3)c3cnn(C4CCCCC4)c3n2)cn1. The monoisotopic (exact) mass is 495 g/mol. The van der Waals surface area contributed by atoms with Crippen LogP contribution >= 0.6 is 11.8 Å². The van der Waals surface area contributed by atoms with E-state index in [0.717, 1.165) is 37.4 Å². The number of hydrogen-bond acceptors (Lipinski definition) is 9. The molecule has 4 heterocycles. The van der Waals surface area contributed by atoms with Crippen molar-refractivity contribution in [1.82, 2.24) is 24.7 Å². The van der Waals surface area contributed by atoms with E-state index in [4.69, 9.17) is 9.72 Å². The Bertz CT molecular complexity index is 1290. The molecular formula is C23H25N7O4S. The summed E-state index contributed by atoms with van der Waals surface area (Å²) in [6.45, 7) is 2.40. The van der Waals surface area contributed by atoms with Crippen LogP contribution in [0.5, 0.6) is 5.88 Å². The number of rotatable bonds is 7. The Hall–Kier alpha value is -3.54. The summed E-state index contributed by atoms with van der Waals surface area (Å²) in [5, 5.41) is 18.6. The van der Waals surface area contributed by atoms with E-state index in [1.54, 1.807) is 18.5 Å². The molecule has 1 aliphatic carbocycles. The lowest BCUT2D eigenvalue weighted by atomic mass is 9.96.